The number of ether oxygens (including phenoxy) is 1. The zero-order valence-electron chi connectivity index (χ0n) is 9.11. The summed E-state index contributed by atoms with van der Waals surface area (Å²) in [6.45, 7) is 6.41. The van der Waals surface area contributed by atoms with Crippen LogP contribution in [-0.4, -0.2) is 43.3 Å². The SMILES string of the molecule is CC1CN(CC2CCCC2N)CCO1. The Morgan fingerprint density at radius 3 is 2.93 bits per heavy atom. The van der Waals surface area contributed by atoms with E-state index in [9.17, 15) is 0 Å². The van der Waals surface area contributed by atoms with Crippen molar-refractivity contribution in [3.63, 3.8) is 0 Å². The van der Waals surface area contributed by atoms with Crippen LogP contribution in [0.15, 0.2) is 0 Å². The van der Waals surface area contributed by atoms with Gasteiger partial charge in [-0.05, 0) is 25.7 Å². The van der Waals surface area contributed by atoms with Crippen LogP contribution in [0, 0.1) is 5.92 Å². The Morgan fingerprint density at radius 2 is 2.29 bits per heavy atom. The summed E-state index contributed by atoms with van der Waals surface area (Å²) >= 11 is 0. The Balaban J connectivity index is 1.78. The lowest BCUT2D eigenvalue weighted by atomic mass is 10.0. The molecule has 2 aliphatic rings. The number of nitrogens with zero attached hydrogens (tertiary/aromatic N) is 1. The molecule has 2 N–H and O–H groups in total. The van der Waals surface area contributed by atoms with Gasteiger partial charge in [0.05, 0.1) is 12.7 Å². The van der Waals surface area contributed by atoms with Crippen molar-refractivity contribution in [1.29, 1.82) is 0 Å². The fourth-order valence-electron chi connectivity index (χ4n) is 2.68. The van der Waals surface area contributed by atoms with E-state index in [0.29, 0.717) is 12.1 Å². The summed E-state index contributed by atoms with van der Waals surface area (Å²) in [7, 11) is 0. The van der Waals surface area contributed by atoms with Crippen LogP contribution in [0.3, 0.4) is 0 Å². The molecule has 3 heteroatoms. The zero-order valence-corrected chi connectivity index (χ0v) is 9.11. The third-order valence-corrected chi connectivity index (χ3v) is 3.54. The summed E-state index contributed by atoms with van der Waals surface area (Å²) in [6.07, 6.45) is 4.28. The van der Waals surface area contributed by atoms with Crippen molar-refractivity contribution >= 4 is 0 Å². The fraction of sp³-hybridized carbons (Fsp3) is 1.00. The number of hydrogen-bond acceptors (Lipinski definition) is 3. The van der Waals surface area contributed by atoms with E-state index in [-0.39, 0.29) is 0 Å². The van der Waals surface area contributed by atoms with Crippen molar-refractivity contribution in [3.05, 3.63) is 0 Å². The zero-order chi connectivity index (χ0) is 9.97. The molecule has 0 aromatic rings. The number of hydrogen-bond donors (Lipinski definition) is 1. The minimum Gasteiger partial charge on any atom is -0.376 e. The summed E-state index contributed by atoms with van der Waals surface area (Å²) in [5.74, 6) is 0.736. The van der Waals surface area contributed by atoms with Crippen LogP contribution in [0.25, 0.3) is 0 Å². The van der Waals surface area contributed by atoms with Gasteiger partial charge in [0.2, 0.25) is 0 Å². The van der Waals surface area contributed by atoms with Gasteiger partial charge in [0, 0.05) is 25.7 Å². The van der Waals surface area contributed by atoms with Crippen molar-refractivity contribution in [1.82, 2.24) is 4.90 Å². The first-order valence-electron chi connectivity index (χ1n) is 5.85. The van der Waals surface area contributed by atoms with Gasteiger partial charge in [0.15, 0.2) is 0 Å². The number of nitrogens with two attached hydrogens (primary N) is 1. The Kier molecular flexibility index (Phi) is 3.42. The van der Waals surface area contributed by atoms with E-state index in [1.54, 1.807) is 0 Å². The third kappa shape index (κ3) is 2.47. The molecule has 1 saturated carbocycles. The van der Waals surface area contributed by atoms with Crippen molar-refractivity contribution in [2.75, 3.05) is 26.2 Å². The van der Waals surface area contributed by atoms with E-state index < -0.39 is 0 Å². The first kappa shape index (κ1) is 10.4. The van der Waals surface area contributed by atoms with Gasteiger partial charge >= 0.3 is 0 Å². The van der Waals surface area contributed by atoms with Crippen LogP contribution in [0.4, 0.5) is 0 Å². The second-order valence-electron chi connectivity index (χ2n) is 4.80. The lowest BCUT2D eigenvalue weighted by Crippen LogP contribution is -2.45. The van der Waals surface area contributed by atoms with Crippen molar-refractivity contribution in [2.45, 2.75) is 38.3 Å². The normalized spacial score (nSPS) is 40.3. The van der Waals surface area contributed by atoms with E-state index in [2.05, 4.69) is 11.8 Å². The molecule has 2 fully saturated rings. The molecule has 82 valence electrons. The van der Waals surface area contributed by atoms with E-state index in [0.717, 1.165) is 25.6 Å². The summed E-state index contributed by atoms with van der Waals surface area (Å²) in [5, 5.41) is 0. The highest BCUT2D eigenvalue weighted by molar-refractivity contribution is 4.83. The molecule has 0 bridgehead atoms. The topological polar surface area (TPSA) is 38.5 Å². The molecule has 3 nitrogen and oxygen atoms in total. The smallest absolute Gasteiger partial charge is 0.0674 e. The Labute approximate surface area is 86.6 Å². The number of rotatable bonds is 2. The molecule has 1 aliphatic carbocycles. The van der Waals surface area contributed by atoms with Crippen LogP contribution in [0.2, 0.25) is 0 Å². The molecule has 0 aromatic carbocycles. The van der Waals surface area contributed by atoms with Crippen molar-refractivity contribution in [3.8, 4) is 0 Å². The lowest BCUT2D eigenvalue weighted by molar-refractivity contribution is -0.0233. The summed E-state index contributed by atoms with van der Waals surface area (Å²) in [6, 6.07) is 0.452. The predicted octanol–water partition coefficient (Wildman–Crippen LogP) is 0.835. The van der Waals surface area contributed by atoms with Gasteiger partial charge in [0.25, 0.3) is 0 Å². The van der Waals surface area contributed by atoms with Gasteiger partial charge in [-0.3, -0.25) is 4.90 Å². The molecule has 3 atom stereocenters. The average Bonchev–Trinajstić information content (AvgIpc) is 2.52. The maximum atomic E-state index is 6.07. The molecule has 3 unspecified atom stereocenters. The summed E-state index contributed by atoms with van der Waals surface area (Å²) in [5.41, 5.74) is 6.07. The number of morpholine rings is 1. The molecule has 14 heavy (non-hydrogen) atoms. The van der Waals surface area contributed by atoms with Crippen molar-refractivity contribution in [2.24, 2.45) is 11.7 Å². The molecular weight excluding hydrogens is 176 g/mol. The molecule has 2 rings (SSSR count). The molecule has 0 radical (unpaired) electrons. The highest BCUT2D eigenvalue weighted by Gasteiger charge is 2.27. The van der Waals surface area contributed by atoms with Crippen LogP contribution in [0.1, 0.15) is 26.2 Å². The maximum Gasteiger partial charge on any atom is 0.0674 e. The van der Waals surface area contributed by atoms with Crippen LogP contribution in [-0.2, 0) is 4.74 Å². The summed E-state index contributed by atoms with van der Waals surface area (Å²) in [4.78, 5) is 2.52. The minimum absolute atomic E-state index is 0.404. The predicted molar refractivity (Wildman–Crippen MR) is 57.2 cm³/mol. The second-order valence-corrected chi connectivity index (χ2v) is 4.80. The standard InChI is InChI=1S/C11H22N2O/c1-9-7-13(5-6-14-9)8-10-3-2-4-11(10)12/h9-11H,2-8,12H2,1H3. The molecule has 0 aromatic heterocycles. The van der Waals surface area contributed by atoms with Crippen LogP contribution >= 0.6 is 0 Å². The second kappa shape index (κ2) is 4.60. The van der Waals surface area contributed by atoms with Gasteiger partial charge in [-0.25, -0.2) is 0 Å². The van der Waals surface area contributed by atoms with Crippen LogP contribution in [0.5, 0.6) is 0 Å². The quantitative estimate of drug-likeness (QED) is 0.714. The first-order chi connectivity index (χ1) is 6.75. The van der Waals surface area contributed by atoms with Crippen molar-refractivity contribution < 1.29 is 4.74 Å². The van der Waals surface area contributed by atoms with E-state index in [4.69, 9.17) is 10.5 Å². The van der Waals surface area contributed by atoms with Gasteiger partial charge in [0.1, 0.15) is 0 Å². The first-order valence-corrected chi connectivity index (χ1v) is 5.85. The van der Waals surface area contributed by atoms with Gasteiger partial charge in [-0.1, -0.05) is 6.42 Å². The maximum absolute atomic E-state index is 6.07. The molecule has 1 saturated heterocycles. The van der Waals surface area contributed by atoms with Gasteiger partial charge in [-0.15, -0.1) is 0 Å². The molecule has 0 amide bonds. The molecular formula is C11H22N2O. The van der Waals surface area contributed by atoms with E-state index >= 15 is 0 Å². The largest absolute Gasteiger partial charge is 0.376 e. The Hall–Kier alpha value is -0.120. The monoisotopic (exact) mass is 198 g/mol. The van der Waals surface area contributed by atoms with Gasteiger partial charge in [-0.2, -0.15) is 0 Å². The van der Waals surface area contributed by atoms with E-state index in [1.807, 2.05) is 0 Å². The molecule has 1 heterocycles. The molecule has 0 spiro atoms. The average molecular weight is 198 g/mol. The fourth-order valence-corrected chi connectivity index (χ4v) is 2.68. The van der Waals surface area contributed by atoms with E-state index in [1.165, 1.54) is 25.8 Å². The van der Waals surface area contributed by atoms with Crippen LogP contribution < -0.4 is 5.73 Å². The lowest BCUT2D eigenvalue weighted by Gasteiger charge is -2.33. The highest BCUT2D eigenvalue weighted by Crippen LogP contribution is 2.25. The third-order valence-electron chi connectivity index (χ3n) is 3.54. The van der Waals surface area contributed by atoms with Gasteiger partial charge < -0.3 is 10.5 Å². The minimum atomic E-state index is 0.404. The molecule has 1 aliphatic heterocycles. The Morgan fingerprint density at radius 1 is 1.43 bits per heavy atom. The highest BCUT2D eigenvalue weighted by atomic mass is 16.5. The Bertz CT molecular complexity index is 186. The summed E-state index contributed by atoms with van der Waals surface area (Å²) < 4.78 is 5.53.